The van der Waals surface area contributed by atoms with Crippen LogP contribution < -0.4 is 10.6 Å². The van der Waals surface area contributed by atoms with E-state index in [0.717, 1.165) is 0 Å². The van der Waals surface area contributed by atoms with Gasteiger partial charge in [-0.3, -0.25) is 9.59 Å². The number of alkyl halides is 1. The molecule has 0 aliphatic rings. The number of nitrogens with one attached hydrogen (secondary N) is 2. The lowest BCUT2D eigenvalue weighted by molar-refractivity contribution is -0.122. The average Bonchev–Trinajstić information content (AvgIpc) is 2.38. The number of carbonyl (C=O) groups is 2. The van der Waals surface area contributed by atoms with Crippen molar-refractivity contribution in [3.8, 4) is 0 Å². The Balaban J connectivity index is 2.84. The van der Waals surface area contributed by atoms with Crippen LogP contribution in [0.1, 0.15) is 38.1 Å². The van der Waals surface area contributed by atoms with Crippen LogP contribution in [0.4, 0.5) is 5.69 Å². The minimum absolute atomic E-state index is 0.0657. The van der Waals surface area contributed by atoms with Crippen LogP contribution in [0.5, 0.6) is 0 Å². The molecule has 2 amide bonds. The lowest BCUT2D eigenvalue weighted by Gasteiger charge is -2.20. The van der Waals surface area contributed by atoms with E-state index in [1.54, 1.807) is 38.1 Å². The van der Waals surface area contributed by atoms with Crippen molar-refractivity contribution in [1.82, 2.24) is 5.32 Å². The Kier molecular flexibility index (Phi) is 5.57. The van der Waals surface area contributed by atoms with Gasteiger partial charge < -0.3 is 10.6 Å². The Morgan fingerprint density at radius 1 is 1.30 bits per heavy atom. The second-order valence-corrected chi connectivity index (χ2v) is 5.95. The smallest absolute Gasteiger partial charge is 0.251 e. The zero-order chi connectivity index (χ0) is 15.3. The molecule has 0 saturated carbocycles. The van der Waals surface area contributed by atoms with Crippen molar-refractivity contribution < 1.29 is 9.59 Å². The van der Waals surface area contributed by atoms with Crippen molar-refractivity contribution >= 4 is 29.1 Å². The monoisotopic (exact) mass is 296 g/mol. The molecule has 1 aromatic carbocycles. The predicted molar refractivity (Wildman–Crippen MR) is 82.2 cm³/mol. The molecule has 0 unspecified atom stereocenters. The van der Waals surface area contributed by atoms with Crippen molar-refractivity contribution in [2.24, 2.45) is 5.41 Å². The second-order valence-electron chi connectivity index (χ2n) is 5.68. The average molecular weight is 297 g/mol. The van der Waals surface area contributed by atoms with Crippen LogP contribution in [0.3, 0.4) is 0 Å². The summed E-state index contributed by atoms with van der Waals surface area (Å²) >= 11 is 5.77. The highest BCUT2D eigenvalue weighted by Crippen LogP contribution is 2.20. The molecule has 0 aromatic heterocycles. The quantitative estimate of drug-likeness (QED) is 0.821. The standard InChI is InChI=1S/C15H21ClN2O2/c1-10(2)17-13(19)11-6-5-7-12(8-11)18-14(20)15(3,4)9-16/h5-8,10H,9H2,1-4H3,(H,17,19)(H,18,20). The van der Waals surface area contributed by atoms with E-state index >= 15 is 0 Å². The van der Waals surface area contributed by atoms with Gasteiger partial charge >= 0.3 is 0 Å². The number of benzene rings is 1. The fourth-order valence-electron chi connectivity index (χ4n) is 1.44. The summed E-state index contributed by atoms with van der Waals surface area (Å²) in [7, 11) is 0. The van der Waals surface area contributed by atoms with Crippen LogP contribution >= 0.6 is 11.6 Å². The number of hydrogen-bond donors (Lipinski definition) is 2. The summed E-state index contributed by atoms with van der Waals surface area (Å²) in [5, 5.41) is 5.59. The summed E-state index contributed by atoms with van der Waals surface area (Å²) in [5.74, 6) is -0.103. The largest absolute Gasteiger partial charge is 0.350 e. The molecule has 5 heteroatoms. The first-order valence-electron chi connectivity index (χ1n) is 6.54. The molecule has 1 aromatic rings. The van der Waals surface area contributed by atoms with E-state index in [-0.39, 0.29) is 23.7 Å². The Morgan fingerprint density at radius 2 is 1.95 bits per heavy atom. The third-order valence-corrected chi connectivity index (χ3v) is 3.42. The lowest BCUT2D eigenvalue weighted by Crippen LogP contribution is -2.32. The van der Waals surface area contributed by atoms with Crippen LogP contribution in [-0.4, -0.2) is 23.7 Å². The first-order valence-corrected chi connectivity index (χ1v) is 7.08. The molecule has 2 N–H and O–H groups in total. The molecule has 0 spiro atoms. The predicted octanol–water partition coefficient (Wildman–Crippen LogP) is 3.03. The van der Waals surface area contributed by atoms with E-state index in [0.29, 0.717) is 11.3 Å². The molecule has 4 nitrogen and oxygen atoms in total. The topological polar surface area (TPSA) is 58.2 Å². The minimum atomic E-state index is -0.655. The van der Waals surface area contributed by atoms with Crippen molar-refractivity contribution in [2.45, 2.75) is 33.7 Å². The van der Waals surface area contributed by atoms with E-state index in [2.05, 4.69) is 10.6 Å². The van der Waals surface area contributed by atoms with Gasteiger partial charge in [0.25, 0.3) is 5.91 Å². The Bertz CT molecular complexity index is 498. The van der Waals surface area contributed by atoms with Gasteiger partial charge in [-0.05, 0) is 45.9 Å². The summed E-state index contributed by atoms with van der Waals surface area (Å²) in [6.07, 6.45) is 0. The van der Waals surface area contributed by atoms with Gasteiger partial charge in [0.05, 0.1) is 5.41 Å². The molecular weight excluding hydrogens is 276 g/mol. The van der Waals surface area contributed by atoms with E-state index in [1.165, 1.54) is 0 Å². The summed E-state index contributed by atoms with van der Waals surface area (Å²) < 4.78 is 0. The van der Waals surface area contributed by atoms with Crippen LogP contribution in [0.15, 0.2) is 24.3 Å². The molecule has 0 radical (unpaired) electrons. The lowest BCUT2D eigenvalue weighted by atomic mass is 9.95. The van der Waals surface area contributed by atoms with Crippen LogP contribution in [-0.2, 0) is 4.79 Å². The Hall–Kier alpha value is -1.55. The van der Waals surface area contributed by atoms with Gasteiger partial charge in [-0.1, -0.05) is 6.07 Å². The van der Waals surface area contributed by atoms with E-state index < -0.39 is 5.41 Å². The molecule has 0 aliphatic heterocycles. The van der Waals surface area contributed by atoms with Crippen molar-refractivity contribution in [3.63, 3.8) is 0 Å². The molecule has 0 atom stereocenters. The van der Waals surface area contributed by atoms with Gasteiger partial charge in [0.15, 0.2) is 0 Å². The molecule has 0 bridgehead atoms. The van der Waals surface area contributed by atoms with Crippen molar-refractivity contribution in [2.75, 3.05) is 11.2 Å². The third-order valence-electron chi connectivity index (χ3n) is 2.75. The second kappa shape index (κ2) is 6.75. The van der Waals surface area contributed by atoms with Crippen LogP contribution in [0.25, 0.3) is 0 Å². The number of anilines is 1. The summed E-state index contributed by atoms with van der Waals surface area (Å²) in [6.45, 7) is 7.33. The molecule has 0 heterocycles. The van der Waals surface area contributed by atoms with Gasteiger partial charge in [0, 0.05) is 23.2 Å². The zero-order valence-electron chi connectivity index (χ0n) is 12.3. The molecule has 0 fully saturated rings. The maximum atomic E-state index is 12.0. The number of amides is 2. The van der Waals surface area contributed by atoms with Crippen molar-refractivity contribution in [1.29, 1.82) is 0 Å². The number of rotatable bonds is 5. The van der Waals surface area contributed by atoms with Gasteiger partial charge in [-0.25, -0.2) is 0 Å². The Morgan fingerprint density at radius 3 is 2.50 bits per heavy atom. The molecule has 1 rings (SSSR count). The highest BCUT2D eigenvalue weighted by atomic mass is 35.5. The molecular formula is C15H21ClN2O2. The summed E-state index contributed by atoms with van der Waals surface area (Å²) in [4.78, 5) is 23.9. The van der Waals surface area contributed by atoms with E-state index in [4.69, 9.17) is 11.6 Å². The minimum Gasteiger partial charge on any atom is -0.350 e. The normalized spacial score (nSPS) is 11.3. The molecule has 0 saturated heterocycles. The van der Waals surface area contributed by atoms with Crippen LogP contribution in [0, 0.1) is 5.41 Å². The van der Waals surface area contributed by atoms with Crippen molar-refractivity contribution in [3.05, 3.63) is 29.8 Å². The maximum Gasteiger partial charge on any atom is 0.251 e. The van der Waals surface area contributed by atoms with Crippen LogP contribution in [0.2, 0.25) is 0 Å². The van der Waals surface area contributed by atoms with Gasteiger partial charge in [-0.2, -0.15) is 0 Å². The molecule has 20 heavy (non-hydrogen) atoms. The number of halogens is 1. The Labute approximate surface area is 124 Å². The highest BCUT2D eigenvalue weighted by molar-refractivity contribution is 6.20. The fraction of sp³-hybridized carbons (Fsp3) is 0.467. The molecule has 110 valence electrons. The third kappa shape index (κ3) is 4.53. The van der Waals surface area contributed by atoms with E-state index in [9.17, 15) is 9.59 Å². The first-order chi connectivity index (χ1) is 9.26. The molecule has 0 aliphatic carbocycles. The number of carbonyl (C=O) groups excluding carboxylic acids is 2. The fourth-order valence-corrected chi connectivity index (χ4v) is 1.57. The zero-order valence-corrected chi connectivity index (χ0v) is 13.0. The SMILES string of the molecule is CC(C)NC(=O)c1cccc(NC(=O)C(C)(C)CCl)c1. The van der Waals surface area contributed by atoms with Gasteiger partial charge in [-0.15, -0.1) is 11.6 Å². The maximum absolute atomic E-state index is 12.0. The van der Waals surface area contributed by atoms with Gasteiger partial charge in [0.1, 0.15) is 0 Å². The van der Waals surface area contributed by atoms with E-state index in [1.807, 2.05) is 13.8 Å². The number of hydrogen-bond acceptors (Lipinski definition) is 2. The summed E-state index contributed by atoms with van der Waals surface area (Å²) in [6, 6.07) is 6.91. The summed E-state index contributed by atoms with van der Waals surface area (Å²) in [5.41, 5.74) is 0.447. The first kappa shape index (κ1) is 16.5. The highest BCUT2D eigenvalue weighted by Gasteiger charge is 2.26. The van der Waals surface area contributed by atoms with Gasteiger partial charge in [0.2, 0.25) is 5.91 Å².